The molecule has 0 saturated carbocycles. The van der Waals surface area contributed by atoms with Crippen molar-refractivity contribution in [2.45, 2.75) is 31.2 Å². The van der Waals surface area contributed by atoms with Crippen molar-refractivity contribution < 1.29 is 0 Å². The first-order chi connectivity index (χ1) is 9.38. The maximum Gasteiger partial charge on any atom is 0.0173 e. The Morgan fingerprint density at radius 1 is 1.05 bits per heavy atom. The summed E-state index contributed by atoms with van der Waals surface area (Å²) in [4.78, 5) is 0. The molecule has 0 saturated heterocycles. The molecule has 1 aliphatic rings. The van der Waals surface area contributed by atoms with E-state index in [1.54, 1.807) is 11.1 Å². The van der Waals surface area contributed by atoms with Crippen molar-refractivity contribution in [2.75, 3.05) is 7.05 Å². The summed E-state index contributed by atoms with van der Waals surface area (Å²) in [6.07, 6.45) is 3.61. The molecule has 1 N–H and O–H groups in total. The van der Waals surface area contributed by atoms with Crippen LogP contribution in [0.1, 0.15) is 29.0 Å². The van der Waals surface area contributed by atoms with Gasteiger partial charge < -0.3 is 5.32 Å². The van der Waals surface area contributed by atoms with Gasteiger partial charge in [0.1, 0.15) is 0 Å². The van der Waals surface area contributed by atoms with E-state index in [1.165, 1.54) is 18.4 Å². The topological polar surface area (TPSA) is 12.0 Å². The molecule has 2 unspecified atom stereocenters. The fourth-order valence-electron chi connectivity index (χ4n) is 3.32. The second-order valence-electron chi connectivity index (χ2n) is 5.43. The van der Waals surface area contributed by atoms with E-state index in [0.29, 0.717) is 12.0 Å². The molecule has 0 amide bonds. The van der Waals surface area contributed by atoms with Gasteiger partial charge in [-0.3, -0.25) is 0 Å². The molecule has 2 aromatic rings. The number of rotatable bonds is 4. The number of hydrogen-bond donors (Lipinski definition) is 1. The van der Waals surface area contributed by atoms with Crippen LogP contribution >= 0.6 is 0 Å². The maximum atomic E-state index is 3.53. The van der Waals surface area contributed by atoms with Gasteiger partial charge in [0.15, 0.2) is 0 Å². The second-order valence-corrected chi connectivity index (χ2v) is 5.43. The van der Waals surface area contributed by atoms with Gasteiger partial charge in [-0.15, -0.1) is 0 Å². The first-order valence-electron chi connectivity index (χ1n) is 7.17. The molecule has 98 valence electrons. The van der Waals surface area contributed by atoms with Gasteiger partial charge in [-0.25, -0.2) is 0 Å². The molecule has 2 aromatic carbocycles. The molecule has 1 nitrogen and oxygen atoms in total. The third-order valence-corrected chi connectivity index (χ3v) is 4.33. The Bertz CT molecular complexity index is 532. The highest BCUT2D eigenvalue weighted by Crippen LogP contribution is 2.36. The van der Waals surface area contributed by atoms with E-state index in [9.17, 15) is 0 Å². The molecule has 0 bridgehead atoms. The Hall–Kier alpha value is -1.60. The number of hydrogen-bond acceptors (Lipinski definition) is 1. The summed E-state index contributed by atoms with van der Waals surface area (Å²) in [5, 5.41) is 3.53. The molecule has 1 heteroatoms. The predicted molar refractivity (Wildman–Crippen MR) is 80.5 cm³/mol. The third kappa shape index (κ3) is 2.57. The zero-order chi connectivity index (χ0) is 13.1. The molecule has 0 fully saturated rings. The van der Waals surface area contributed by atoms with Crippen LogP contribution in [0.2, 0.25) is 0 Å². The van der Waals surface area contributed by atoms with Crippen molar-refractivity contribution in [1.82, 2.24) is 5.32 Å². The van der Waals surface area contributed by atoms with Crippen LogP contribution in [0.5, 0.6) is 0 Å². The van der Waals surface area contributed by atoms with Gasteiger partial charge in [-0.2, -0.15) is 0 Å². The normalized spacial score (nSPS) is 19.1. The van der Waals surface area contributed by atoms with Crippen LogP contribution in [0, 0.1) is 0 Å². The van der Waals surface area contributed by atoms with E-state index in [-0.39, 0.29) is 0 Å². The minimum atomic E-state index is 0.533. The van der Waals surface area contributed by atoms with Gasteiger partial charge in [0.05, 0.1) is 0 Å². The molecule has 0 aromatic heterocycles. The fraction of sp³-hybridized carbons (Fsp3) is 0.333. The average molecular weight is 251 g/mol. The smallest absolute Gasteiger partial charge is 0.0173 e. The highest BCUT2D eigenvalue weighted by atomic mass is 14.9. The Kier molecular flexibility index (Phi) is 3.65. The molecule has 2 atom stereocenters. The van der Waals surface area contributed by atoms with Gasteiger partial charge in [0, 0.05) is 12.0 Å². The van der Waals surface area contributed by atoms with Crippen LogP contribution in [0.15, 0.2) is 54.6 Å². The van der Waals surface area contributed by atoms with Crippen molar-refractivity contribution in [3.63, 3.8) is 0 Å². The Morgan fingerprint density at radius 2 is 1.79 bits per heavy atom. The first kappa shape index (κ1) is 12.4. The van der Waals surface area contributed by atoms with E-state index < -0.39 is 0 Å². The van der Waals surface area contributed by atoms with Gasteiger partial charge >= 0.3 is 0 Å². The summed E-state index contributed by atoms with van der Waals surface area (Å²) >= 11 is 0. The lowest BCUT2D eigenvalue weighted by molar-refractivity contribution is 0.456. The van der Waals surface area contributed by atoms with Gasteiger partial charge in [0.25, 0.3) is 0 Å². The molecule has 1 aliphatic carbocycles. The number of likely N-dealkylation sites (N-methyl/N-ethyl adjacent to an activating group) is 1. The Balaban J connectivity index is 1.81. The summed E-state index contributed by atoms with van der Waals surface area (Å²) in [7, 11) is 2.09. The largest absolute Gasteiger partial charge is 0.316 e. The van der Waals surface area contributed by atoms with Crippen LogP contribution < -0.4 is 5.32 Å². The fourth-order valence-corrected chi connectivity index (χ4v) is 3.32. The maximum absolute atomic E-state index is 3.53. The number of fused-ring (bicyclic) bond motifs is 1. The highest BCUT2D eigenvalue weighted by molar-refractivity contribution is 5.36. The molecule has 0 heterocycles. The summed E-state index contributed by atoms with van der Waals surface area (Å²) in [6, 6.07) is 20.3. The molecular weight excluding hydrogens is 230 g/mol. The quantitative estimate of drug-likeness (QED) is 0.876. The zero-order valence-electron chi connectivity index (χ0n) is 11.5. The highest BCUT2D eigenvalue weighted by Gasteiger charge is 2.28. The van der Waals surface area contributed by atoms with E-state index in [0.717, 1.165) is 6.42 Å². The lowest BCUT2D eigenvalue weighted by atomic mass is 9.89. The SMILES string of the molecule is CNC(Cc1ccccc1)C1CCc2ccccc21. The molecule has 0 radical (unpaired) electrons. The number of benzene rings is 2. The number of aryl methyl sites for hydroxylation is 1. The standard InChI is InChI=1S/C18H21N/c1-19-18(13-14-7-3-2-4-8-14)17-12-11-15-9-5-6-10-16(15)17/h2-10,17-19H,11-13H2,1H3. The Labute approximate surface area is 115 Å². The van der Waals surface area contributed by atoms with Gasteiger partial charge in [-0.1, -0.05) is 54.6 Å². The molecule has 3 rings (SSSR count). The van der Waals surface area contributed by atoms with Crippen LogP contribution in [0.3, 0.4) is 0 Å². The second kappa shape index (κ2) is 5.58. The minimum Gasteiger partial charge on any atom is -0.316 e. The van der Waals surface area contributed by atoms with Crippen LogP contribution in [0.4, 0.5) is 0 Å². The van der Waals surface area contributed by atoms with Crippen molar-refractivity contribution in [3.05, 3.63) is 71.3 Å². The van der Waals surface area contributed by atoms with E-state index in [2.05, 4.69) is 67.0 Å². The monoisotopic (exact) mass is 251 g/mol. The molecule has 0 aliphatic heterocycles. The lowest BCUT2D eigenvalue weighted by Gasteiger charge is -2.24. The zero-order valence-corrected chi connectivity index (χ0v) is 11.5. The molecule has 0 spiro atoms. The summed E-state index contributed by atoms with van der Waals surface area (Å²) < 4.78 is 0. The first-order valence-corrected chi connectivity index (χ1v) is 7.17. The summed E-state index contributed by atoms with van der Waals surface area (Å²) in [6.45, 7) is 0. The third-order valence-electron chi connectivity index (χ3n) is 4.33. The molecule has 19 heavy (non-hydrogen) atoms. The van der Waals surface area contributed by atoms with Crippen LogP contribution in [-0.2, 0) is 12.8 Å². The van der Waals surface area contributed by atoms with Gasteiger partial charge in [-0.05, 0) is 43.0 Å². The average Bonchev–Trinajstić information content (AvgIpc) is 2.90. The summed E-state index contributed by atoms with van der Waals surface area (Å²) in [5.74, 6) is 0.654. The number of nitrogens with one attached hydrogen (secondary N) is 1. The lowest BCUT2D eigenvalue weighted by Crippen LogP contribution is -2.33. The van der Waals surface area contributed by atoms with E-state index in [4.69, 9.17) is 0 Å². The van der Waals surface area contributed by atoms with Crippen molar-refractivity contribution in [1.29, 1.82) is 0 Å². The van der Waals surface area contributed by atoms with Crippen molar-refractivity contribution in [3.8, 4) is 0 Å². The minimum absolute atomic E-state index is 0.533. The van der Waals surface area contributed by atoms with E-state index >= 15 is 0 Å². The predicted octanol–water partition coefficient (Wildman–Crippen LogP) is 3.55. The van der Waals surface area contributed by atoms with Gasteiger partial charge in [0.2, 0.25) is 0 Å². The molecular formula is C18H21N. The van der Waals surface area contributed by atoms with Crippen molar-refractivity contribution in [2.24, 2.45) is 0 Å². The van der Waals surface area contributed by atoms with Crippen LogP contribution in [-0.4, -0.2) is 13.1 Å². The van der Waals surface area contributed by atoms with Crippen molar-refractivity contribution >= 4 is 0 Å². The van der Waals surface area contributed by atoms with E-state index in [1.807, 2.05) is 0 Å². The summed E-state index contributed by atoms with van der Waals surface area (Å²) in [5.41, 5.74) is 4.52. The Morgan fingerprint density at radius 3 is 2.58 bits per heavy atom. The van der Waals surface area contributed by atoms with Crippen LogP contribution in [0.25, 0.3) is 0 Å².